The Morgan fingerprint density at radius 2 is 1.42 bits per heavy atom. The van der Waals surface area contributed by atoms with E-state index in [9.17, 15) is 14.4 Å². The molecule has 0 aliphatic carbocycles. The summed E-state index contributed by atoms with van der Waals surface area (Å²) in [6.07, 6.45) is 3.77. The Balaban J connectivity index is 2.01. The Kier molecular flexibility index (Phi) is 4.07. The van der Waals surface area contributed by atoms with Crippen molar-refractivity contribution in [1.82, 2.24) is 0 Å². The minimum absolute atomic E-state index is 0.223. The molecule has 2 heterocycles. The lowest BCUT2D eigenvalue weighted by Crippen LogP contribution is -2.08. The average Bonchev–Trinajstić information content (AvgIpc) is 3.06. The van der Waals surface area contributed by atoms with Crippen molar-refractivity contribution in [2.24, 2.45) is 5.92 Å². The highest BCUT2D eigenvalue weighted by Crippen LogP contribution is 2.16. The third kappa shape index (κ3) is 3.28. The number of aldehydes is 2. The Morgan fingerprint density at radius 3 is 1.74 bits per heavy atom. The smallest absolute Gasteiger partial charge is 0.202 e. The Morgan fingerprint density at radius 1 is 0.947 bits per heavy atom. The zero-order valence-corrected chi connectivity index (χ0v) is 10.00. The first-order valence-corrected chi connectivity index (χ1v) is 5.70. The van der Waals surface area contributed by atoms with E-state index in [-0.39, 0.29) is 11.5 Å². The van der Waals surface area contributed by atoms with Crippen LogP contribution in [0.3, 0.4) is 0 Å². The fraction of sp³-hybridized carbons (Fsp3) is 0.214. The maximum Gasteiger partial charge on any atom is 0.202 e. The molecule has 0 fully saturated rings. The van der Waals surface area contributed by atoms with Crippen LogP contribution < -0.4 is 0 Å². The number of hydrogen-bond acceptors (Lipinski definition) is 5. The lowest BCUT2D eigenvalue weighted by Gasteiger charge is -2.04. The van der Waals surface area contributed by atoms with Crippen LogP contribution in [0.25, 0.3) is 0 Å². The van der Waals surface area contributed by atoms with Gasteiger partial charge in [0.1, 0.15) is 11.5 Å². The molecule has 5 nitrogen and oxygen atoms in total. The molecule has 0 aromatic carbocycles. The van der Waals surface area contributed by atoms with E-state index in [2.05, 4.69) is 0 Å². The lowest BCUT2D eigenvalue weighted by molar-refractivity contribution is 0.109. The summed E-state index contributed by atoms with van der Waals surface area (Å²) in [6, 6.07) is 6.38. The SMILES string of the molecule is O=[C]C(Cc1ccc(C=O)o1)Cc1ccc(C=O)o1. The monoisotopic (exact) mass is 259 g/mol. The molecule has 0 aliphatic rings. The van der Waals surface area contributed by atoms with Crippen molar-refractivity contribution in [3.8, 4) is 0 Å². The van der Waals surface area contributed by atoms with Gasteiger partial charge >= 0.3 is 0 Å². The largest absolute Gasteiger partial charge is 0.458 e. The third-order valence-electron chi connectivity index (χ3n) is 2.66. The summed E-state index contributed by atoms with van der Waals surface area (Å²) < 4.78 is 10.4. The van der Waals surface area contributed by atoms with Gasteiger partial charge in [0.15, 0.2) is 24.1 Å². The van der Waals surface area contributed by atoms with Gasteiger partial charge in [-0.15, -0.1) is 0 Å². The number of rotatable bonds is 7. The molecule has 0 unspecified atom stereocenters. The summed E-state index contributed by atoms with van der Waals surface area (Å²) in [4.78, 5) is 31.9. The van der Waals surface area contributed by atoms with Gasteiger partial charge in [0.05, 0.1) is 0 Å². The summed E-state index contributed by atoms with van der Waals surface area (Å²) in [6.45, 7) is 0. The van der Waals surface area contributed by atoms with Crippen LogP contribution in [0.2, 0.25) is 0 Å². The molecule has 2 rings (SSSR count). The van der Waals surface area contributed by atoms with E-state index in [1.807, 2.05) is 6.29 Å². The number of hydrogen-bond donors (Lipinski definition) is 0. The minimum atomic E-state index is -0.448. The van der Waals surface area contributed by atoms with E-state index >= 15 is 0 Å². The predicted octanol–water partition coefficient (Wildman–Crippen LogP) is 2.01. The van der Waals surface area contributed by atoms with Crippen molar-refractivity contribution in [2.45, 2.75) is 12.8 Å². The van der Waals surface area contributed by atoms with Crippen molar-refractivity contribution in [2.75, 3.05) is 0 Å². The molecule has 2 aromatic rings. The molecular formula is C14H11O5. The van der Waals surface area contributed by atoms with Crippen molar-refractivity contribution in [3.05, 3.63) is 47.3 Å². The molecule has 19 heavy (non-hydrogen) atoms. The van der Waals surface area contributed by atoms with E-state index in [0.29, 0.717) is 36.9 Å². The highest BCUT2D eigenvalue weighted by molar-refractivity contribution is 5.70. The molecule has 0 atom stereocenters. The first-order valence-electron chi connectivity index (χ1n) is 5.70. The fourth-order valence-electron chi connectivity index (χ4n) is 1.78. The molecule has 0 N–H and O–H groups in total. The summed E-state index contributed by atoms with van der Waals surface area (Å²) in [5, 5.41) is 0. The quantitative estimate of drug-likeness (QED) is 0.711. The second-order valence-electron chi connectivity index (χ2n) is 4.07. The zero-order valence-electron chi connectivity index (χ0n) is 10.00. The predicted molar refractivity (Wildman–Crippen MR) is 64.8 cm³/mol. The molecule has 0 spiro atoms. The topological polar surface area (TPSA) is 77.5 Å². The van der Waals surface area contributed by atoms with Crippen LogP contribution in [0, 0.1) is 5.92 Å². The van der Waals surface area contributed by atoms with Crippen LogP contribution in [-0.4, -0.2) is 18.9 Å². The van der Waals surface area contributed by atoms with Crippen LogP contribution in [0.5, 0.6) is 0 Å². The molecular weight excluding hydrogens is 248 g/mol. The van der Waals surface area contributed by atoms with Crippen molar-refractivity contribution in [1.29, 1.82) is 0 Å². The molecule has 0 bridgehead atoms. The first kappa shape index (κ1) is 13.0. The molecule has 97 valence electrons. The van der Waals surface area contributed by atoms with Crippen LogP contribution in [0.15, 0.2) is 33.1 Å². The van der Waals surface area contributed by atoms with E-state index < -0.39 is 5.92 Å². The van der Waals surface area contributed by atoms with Crippen LogP contribution in [0.1, 0.15) is 32.6 Å². The molecule has 5 heteroatoms. The van der Waals surface area contributed by atoms with Crippen molar-refractivity contribution >= 4 is 18.9 Å². The number of carbonyl (C=O) groups excluding carboxylic acids is 3. The summed E-state index contributed by atoms with van der Waals surface area (Å²) in [7, 11) is 0. The average molecular weight is 259 g/mol. The highest BCUT2D eigenvalue weighted by atomic mass is 16.4. The maximum atomic E-state index is 10.9. The molecule has 0 saturated carbocycles. The van der Waals surface area contributed by atoms with E-state index in [1.54, 1.807) is 24.3 Å². The summed E-state index contributed by atoms with van der Waals surface area (Å²) >= 11 is 0. The van der Waals surface area contributed by atoms with E-state index in [0.717, 1.165) is 0 Å². The molecule has 1 radical (unpaired) electrons. The van der Waals surface area contributed by atoms with Gasteiger partial charge in [0, 0.05) is 18.8 Å². The standard InChI is InChI=1S/C14H11O5/c15-7-10(5-11-1-3-13(8-16)18-11)6-12-2-4-14(9-17)19-12/h1-4,8-10H,5-6H2. The first-order chi connectivity index (χ1) is 9.25. The second-order valence-corrected chi connectivity index (χ2v) is 4.07. The summed E-state index contributed by atoms with van der Waals surface area (Å²) in [5.74, 6) is 1.08. The normalized spacial score (nSPS) is 10.6. The van der Waals surface area contributed by atoms with E-state index in [4.69, 9.17) is 8.83 Å². The fourth-order valence-corrected chi connectivity index (χ4v) is 1.78. The minimum Gasteiger partial charge on any atom is -0.458 e. The van der Waals surface area contributed by atoms with Gasteiger partial charge < -0.3 is 8.83 Å². The molecule has 0 saturated heterocycles. The van der Waals surface area contributed by atoms with E-state index in [1.165, 1.54) is 0 Å². The zero-order chi connectivity index (χ0) is 13.7. The molecule has 0 aliphatic heterocycles. The highest BCUT2D eigenvalue weighted by Gasteiger charge is 2.15. The van der Waals surface area contributed by atoms with Gasteiger partial charge in [0.2, 0.25) is 6.29 Å². The van der Waals surface area contributed by atoms with Gasteiger partial charge in [-0.1, -0.05) is 0 Å². The van der Waals surface area contributed by atoms with Gasteiger partial charge in [-0.25, -0.2) is 0 Å². The molecule has 2 aromatic heterocycles. The third-order valence-corrected chi connectivity index (χ3v) is 2.66. The lowest BCUT2D eigenvalue weighted by atomic mass is 10.0. The van der Waals surface area contributed by atoms with Gasteiger partial charge in [0.25, 0.3) is 0 Å². The van der Waals surface area contributed by atoms with Gasteiger partial charge in [-0.3, -0.25) is 14.4 Å². The Bertz CT molecular complexity index is 530. The van der Waals surface area contributed by atoms with Gasteiger partial charge in [-0.2, -0.15) is 0 Å². The van der Waals surface area contributed by atoms with Crippen LogP contribution in [-0.2, 0) is 17.6 Å². The summed E-state index contributed by atoms with van der Waals surface area (Å²) in [5.41, 5.74) is 0. The molecule has 0 amide bonds. The van der Waals surface area contributed by atoms with Gasteiger partial charge in [-0.05, 0) is 24.3 Å². The Labute approximate surface area is 109 Å². The van der Waals surface area contributed by atoms with Crippen LogP contribution >= 0.6 is 0 Å². The number of furan rings is 2. The second kappa shape index (κ2) is 5.95. The number of carbonyl (C=O) groups is 2. The van der Waals surface area contributed by atoms with Crippen LogP contribution in [0.4, 0.5) is 0 Å². The Hall–Kier alpha value is -2.43. The van der Waals surface area contributed by atoms with Crippen molar-refractivity contribution in [3.63, 3.8) is 0 Å². The van der Waals surface area contributed by atoms with Crippen molar-refractivity contribution < 1.29 is 23.2 Å². The maximum absolute atomic E-state index is 10.9.